The Kier molecular flexibility index (Phi) is 3.55. The normalized spacial score (nSPS) is 36.6. The molecule has 3 rings (SSSR count). The Balaban J connectivity index is 1.97. The van der Waals surface area contributed by atoms with Crippen molar-refractivity contribution in [2.24, 2.45) is 16.7 Å². The first kappa shape index (κ1) is 15.8. The lowest BCUT2D eigenvalue weighted by Gasteiger charge is -2.72. The Hall–Kier alpha value is -1.10. The smallest absolute Gasteiger partial charge is 0.115 e. The van der Waals surface area contributed by atoms with Gasteiger partial charge in [-0.05, 0) is 23.6 Å². The Bertz CT molecular complexity index is 529. The fraction of sp³-hybridized carbons (Fsp3) is 0.667. The summed E-state index contributed by atoms with van der Waals surface area (Å²) in [5, 5.41) is 28.2. The predicted octanol–water partition coefficient (Wildman–Crippen LogP) is 1.82. The van der Waals surface area contributed by atoms with Gasteiger partial charge in [-0.25, -0.2) is 0 Å². The van der Waals surface area contributed by atoms with Crippen molar-refractivity contribution in [3.63, 3.8) is 0 Å². The average Bonchev–Trinajstić information content (AvgIpc) is 2.47. The molecule has 122 valence electrons. The summed E-state index contributed by atoms with van der Waals surface area (Å²) in [6.07, 6.45) is 0. The minimum atomic E-state index is -0.905. The molecule has 0 radical (unpaired) electrons. The number of hydrogen-bond donors (Lipinski definition) is 4. The largest absolute Gasteiger partial charge is 0.508 e. The molecule has 1 heterocycles. The van der Waals surface area contributed by atoms with Crippen LogP contribution in [0.4, 0.5) is 0 Å². The molecule has 1 unspecified atom stereocenters. The molecule has 1 aromatic carbocycles. The fourth-order valence-electron chi connectivity index (χ4n) is 5.47. The predicted molar refractivity (Wildman–Crippen MR) is 87.7 cm³/mol. The number of piperazine rings is 1. The molecule has 4 heteroatoms. The van der Waals surface area contributed by atoms with E-state index in [4.69, 9.17) is 0 Å². The minimum absolute atomic E-state index is 0.233. The molecule has 0 spiro atoms. The highest BCUT2D eigenvalue weighted by Crippen LogP contribution is 2.71. The lowest BCUT2D eigenvalue weighted by molar-refractivity contribution is -0.313. The van der Waals surface area contributed by atoms with Gasteiger partial charge in [0.25, 0.3) is 0 Å². The summed E-state index contributed by atoms with van der Waals surface area (Å²) in [6, 6.07) is 7.39. The van der Waals surface area contributed by atoms with Gasteiger partial charge in [-0.1, -0.05) is 39.8 Å². The number of benzene rings is 1. The number of nitrogens with one attached hydrogen (secondary N) is 2. The summed E-state index contributed by atoms with van der Waals surface area (Å²) in [6.45, 7) is 11.6. The third-order valence-electron chi connectivity index (χ3n) is 6.18. The van der Waals surface area contributed by atoms with Crippen LogP contribution in [0.3, 0.4) is 0 Å². The van der Waals surface area contributed by atoms with Crippen LogP contribution in [0.1, 0.15) is 33.3 Å². The summed E-state index contributed by atoms with van der Waals surface area (Å²) in [5.74, 6) is 0.601. The van der Waals surface area contributed by atoms with E-state index in [-0.39, 0.29) is 16.6 Å². The van der Waals surface area contributed by atoms with Gasteiger partial charge < -0.3 is 20.8 Å². The van der Waals surface area contributed by atoms with Gasteiger partial charge >= 0.3 is 0 Å². The first-order chi connectivity index (χ1) is 10.2. The van der Waals surface area contributed by atoms with E-state index in [0.717, 1.165) is 25.2 Å². The standard InChI is InChI=1S/C18H28N2O2/c1-16(2)15(14-11-19-9-10-20-14)17(3,4)18(16,22)12-5-7-13(21)8-6-12/h5-8,14-15,19-22H,9-11H2,1-4H3. The second-order valence-electron chi connectivity index (χ2n) is 7.94. The number of aliphatic hydroxyl groups is 1. The minimum Gasteiger partial charge on any atom is -0.508 e. The zero-order chi connectivity index (χ0) is 16.2. The van der Waals surface area contributed by atoms with E-state index in [2.05, 4.69) is 38.3 Å². The van der Waals surface area contributed by atoms with Gasteiger partial charge in [0.05, 0.1) is 0 Å². The average molecular weight is 304 g/mol. The summed E-state index contributed by atoms with van der Waals surface area (Å²) >= 11 is 0. The maximum atomic E-state index is 11.6. The van der Waals surface area contributed by atoms with Crippen LogP contribution in [0.2, 0.25) is 0 Å². The fourth-order valence-corrected chi connectivity index (χ4v) is 5.47. The van der Waals surface area contributed by atoms with Crippen LogP contribution in [0.5, 0.6) is 5.75 Å². The molecular weight excluding hydrogens is 276 g/mol. The maximum absolute atomic E-state index is 11.6. The van der Waals surface area contributed by atoms with Gasteiger partial charge in [-0.2, -0.15) is 0 Å². The van der Waals surface area contributed by atoms with Crippen molar-refractivity contribution in [3.05, 3.63) is 29.8 Å². The van der Waals surface area contributed by atoms with E-state index < -0.39 is 5.60 Å². The molecule has 1 aliphatic heterocycles. The SMILES string of the molecule is CC1(C)C(C2CNCCN2)C(C)(C)C1(O)c1ccc(O)cc1. The summed E-state index contributed by atoms with van der Waals surface area (Å²) < 4.78 is 0. The van der Waals surface area contributed by atoms with Crippen molar-refractivity contribution in [2.45, 2.75) is 39.3 Å². The van der Waals surface area contributed by atoms with Gasteiger partial charge in [-0.3, -0.25) is 0 Å². The molecule has 4 N–H and O–H groups in total. The molecule has 2 aliphatic rings. The molecule has 1 saturated heterocycles. The Morgan fingerprint density at radius 2 is 1.59 bits per heavy atom. The molecule has 1 atom stereocenters. The van der Waals surface area contributed by atoms with Gasteiger partial charge in [0.15, 0.2) is 0 Å². The third-order valence-corrected chi connectivity index (χ3v) is 6.18. The van der Waals surface area contributed by atoms with E-state index in [0.29, 0.717) is 12.0 Å². The Labute approximate surface area is 132 Å². The zero-order valence-electron chi connectivity index (χ0n) is 14.0. The molecule has 0 aromatic heterocycles. The van der Waals surface area contributed by atoms with E-state index >= 15 is 0 Å². The second kappa shape index (κ2) is 4.95. The van der Waals surface area contributed by atoms with Gasteiger partial charge in [-0.15, -0.1) is 0 Å². The summed E-state index contributed by atoms with van der Waals surface area (Å²) in [5.41, 5.74) is -0.508. The highest BCUT2D eigenvalue weighted by molar-refractivity contribution is 5.38. The molecule has 1 aliphatic carbocycles. The summed E-state index contributed by atoms with van der Waals surface area (Å²) in [4.78, 5) is 0. The number of aromatic hydroxyl groups is 1. The first-order valence-corrected chi connectivity index (χ1v) is 8.19. The molecule has 1 saturated carbocycles. The number of hydrogen-bond acceptors (Lipinski definition) is 4. The van der Waals surface area contributed by atoms with Crippen LogP contribution in [0.15, 0.2) is 24.3 Å². The highest BCUT2D eigenvalue weighted by atomic mass is 16.3. The number of phenols is 1. The van der Waals surface area contributed by atoms with E-state index in [1.54, 1.807) is 12.1 Å². The monoisotopic (exact) mass is 304 g/mol. The van der Waals surface area contributed by atoms with Crippen molar-refractivity contribution in [1.29, 1.82) is 0 Å². The van der Waals surface area contributed by atoms with Crippen LogP contribution >= 0.6 is 0 Å². The maximum Gasteiger partial charge on any atom is 0.115 e. The van der Waals surface area contributed by atoms with Crippen molar-refractivity contribution in [2.75, 3.05) is 19.6 Å². The van der Waals surface area contributed by atoms with Crippen LogP contribution in [-0.4, -0.2) is 35.9 Å². The van der Waals surface area contributed by atoms with Gasteiger partial charge in [0.2, 0.25) is 0 Å². The molecular formula is C18H28N2O2. The van der Waals surface area contributed by atoms with Crippen molar-refractivity contribution in [3.8, 4) is 5.75 Å². The van der Waals surface area contributed by atoms with Gasteiger partial charge in [0, 0.05) is 36.5 Å². The van der Waals surface area contributed by atoms with Crippen molar-refractivity contribution in [1.82, 2.24) is 10.6 Å². The molecule has 0 amide bonds. The zero-order valence-corrected chi connectivity index (χ0v) is 14.0. The molecule has 1 aromatic rings. The van der Waals surface area contributed by atoms with Crippen LogP contribution in [0.25, 0.3) is 0 Å². The van der Waals surface area contributed by atoms with Crippen molar-refractivity contribution < 1.29 is 10.2 Å². The van der Waals surface area contributed by atoms with E-state index in [1.807, 2.05) is 12.1 Å². The first-order valence-electron chi connectivity index (χ1n) is 8.19. The van der Waals surface area contributed by atoms with Gasteiger partial charge in [0.1, 0.15) is 11.4 Å². The highest BCUT2D eigenvalue weighted by Gasteiger charge is 2.73. The molecule has 4 nitrogen and oxygen atoms in total. The summed E-state index contributed by atoms with van der Waals surface area (Å²) in [7, 11) is 0. The topological polar surface area (TPSA) is 64.5 Å². The molecule has 2 fully saturated rings. The Morgan fingerprint density at radius 3 is 2.09 bits per heavy atom. The van der Waals surface area contributed by atoms with Crippen LogP contribution in [0, 0.1) is 16.7 Å². The Morgan fingerprint density at radius 1 is 1.00 bits per heavy atom. The van der Waals surface area contributed by atoms with E-state index in [9.17, 15) is 10.2 Å². The van der Waals surface area contributed by atoms with Crippen LogP contribution in [-0.2, 0) is 5.60 Å². The molecule has 0 bridgehead atoms. The number of rotatable bonds is 2. The van der Waals surface area contributed by atoms with Crippen molar-refractivity contribution >= 4 is 0 Å². The lowest BCUT2D eigenvalue weighted by Crippen LogP contribution is -2.76. The third kappa shape index (κ3) is 1.87. The van der Waals surface area contributed by atoms with Crippen LogP contribution < -0.4 is 10.6 Å². The molecule has 22 heavy (non-hydrogen) atoms. The lowest BCUT2D eigenvalue weighted by atomic mass is 9.35. The second-order valence-corrected chi connectivity index (χ2v) is 7.94. The van der Waals surface area contributed by atoms with E-state index in [1.165, 1.54) is 0 Å². The number of phenolic OH excluding ortho intramolecular Hbond substituents is 1. The quantitative estimate of drug-likeness (QED) is 0.673.